The van der Waals surface area contributed by atoms with Crippen molar-refractivity contribution in [3.05, 3.63) is 69.5 Å². The smallest absolute Gasteiger partial charge is 0.215 e. The fourth-order valence-corrected chi connectivity index (χ4v) is 8.00. The van der Waals surface area contributed by atoms with Crippen LogP contribution in [0.25, 0.3) is 0 Å². The Morgan fingerprint density at radius 2 is 1.25 bits per heavy atom. The average Bonchev–Trinajstić information content (AvgIpc) is 3.21. The summed E-state index contributed by atoms with van der Waals surface area (Å²) in [6.07, 6.45) is 0.851. The van der Waals surface area contributed by atoms with Crippen LogP contribution in [0.15, 0.2) is 68.2 Å². The summed E-state index contributed by atoms with van der Waals surface area (Å²) in [4.78, 5) is 27.2. The molecular weight excluding hydrogens is 496 g/mol. The number of carbonyl (C=O) groups excluding carboxylic acids is 2. The van der Waals surface area contributed by atoms with Crippen LogP contribution in [0.5, 0.6) is 0 Å². The molecule has 2 aliphatic carbocycles. The molecule has 0 unspecified atom stereocenters. The van der Waals surface area contributed by atoms with E-state index in [2.05, 4.69) is 0 Å². The van der Waals surface area contributed by atoms with Gasteiger partial charge in [0.1, 0.15) is 15.7 Å². The molecule has 2 aromatic rings. The van der Waals surface area contributed by atoms with Crippen molar-refractivity contribution < 1.29 is 28.2 Å². The van der Waals surface area contributed by atoms with Crippen molar-refractivity contribution in [1.29, 1.82) is 0 Å². The lowest BCUT2D eigenvalue weighted by Crippen LogP contribution is -2.33. The maximum absolute atomic E-state index is 13.3. The van der Waals surface area contributed by atoms with Crippen molar-refractivity contribution in [2.75, 3.05) is 0 Å². The Hall–Kier alpha value is -2.71. The molecule has 192 valence electrons. The molecule has 1 heterocycles. The number of carbonyl (C=O) groups is 2. The molecule has 0 saturated heterocycles. The number of rotatable bonds is 5. The summed E-state index contributed by atoms with van der Waals surface area (Å²) in [5.74, 6) is -1.86. The van der Waals surface area contributed by atoms with Crippen LogP contribution in [-0.4, -0.2) is 30.2 Å². The minimum atomic E-state index is -3.83. The summed E-state index contributed by atoms with van der Waals surface area (Å²) >= 11 is 0.959. The number of aliphatic hydroxyl groups is 2. The van der Waals surface area contributed by atoms with E-state index < -0.39 is 26.6 Å². The Balaban J connectivity index is 1.89. The lowest BCUT2D eigenvalue weighted by atomic mass is 9.68. The zero-order valence-corrected chi connectivity index (χ0v) is 22.8. The number of ketones is 2. The van der Waals surface area contributed by atoms with Crippen LogP contribution >= 0.6 is 11.3 Å². The molecule has 1 aromatic heterocycles. The molecule has 0 saturated carbocycles. The zero-order chi connectivity index (χ0) is 26.6. The third-order valence-corrected chi connectivity index (χ3v) is 10.3. The van der Waals surface area contributed by atoms with Crippen LogP contribution in [0.2, 0.25) is 0 Å². The van der Waals surface area contributed by atoms with E-state index in [1.54, 1.807) is 30.3 Å². The highest BCUT2D eigenvalue weighted by Crippen LogP contribution is 2.49. The van der Waals surface area contributed by atoms with Gasteiger partial charge in [0.25, 0.3) is 0 Å². The minimum Gasteiger partial charge on any atom is -0.512 e. The number of aliphatic hydroxyl groups excluding tert-OH is 2. The van der Waals surface area contributed by atoms with Gasteiger partial charge in [-0.05, 0) is 42.0 Å². The third-order valence-electron chi connectivity index (χ3n) is 6.85. The first kappa shape index (κ1) is 26.4. The highest BCUT2D eigenvalue weighted by molar-refractivity contribution is 7.93. The molecule has 0 aliphatic heterocycles. The average molecular weight is 529 g/mol. The van der Waals surface area contributed by atoms with Gasteiger partial charge in [0.05, 0.1) is 10.8 Å². The van der Waals surface area contributed by atoms with E-state index in [0.717, 1.165) is 16.9 Å². The SMILES string of the molecule is Cc1ccc(S(=O)(=O)c2ccc(C(C3=C(O)CC(C)(C)CC3=O)C3=C(O)CC(C)(C)CC3=O)s2)cc1. The van der Waals surface area contributed by atoms with E-state index in [1.165, 1.54) is 6.07 Å². The molecule has 0 fully saturated rings. The predicted octanol–water partition coefficient (Wildman–Crippen LogP) is 6.38. The molecule has 0 atom stereocenters. The largest absolute Gasteiger partial charge is 0.512 e. The van der Waals surface area contributed by atoms with Gasteiger partial charge in [-0.1, -0.05) is 45.4 Å². The third kappa shape index (κ3) is 4.93. The number of hydrogen-bond donors (Lipinski definition) is 2. The first-order valence-electron chi connectivity index (χ1n) is 11.9. The predicted molar refractivity (Wildman–Crippen MR) is 139 cm³/mol. The van der Waals surface area contributed by atoms with Gasteiger partial charge in [-0.2, -0.15) is 0 Å². The van der Waals surface area contributed by atoms with Gasteiger partial charge in [0.15, 0.2) is 11.6 Å². The molecule has 4 rings (SSSR count). The number of Topliss-reactive ketones (excluding diaryl/α,β-unsaturated/α-hetero) is 2. The van der Waals surface area contributed by atoms with Gasteiger partial charge in [0.2, 0.25) is 9.84 Å². The lowest BCUT2D eigenvalue weighted by molar-refractivity contribution is -0.119. The second-order valence-electron chi connectivity index (χ2n) is 11.5. The monoisotopic (exact) mass is 528 g/mol. The minimum absolute atomic E-state index is 0.0682. The van der Waals surface area contributed by atoms with Gasteiger partial charge < -0.3 is 10.2 Å². The molecule has 1 aromatic carbocycles. The Kier molecular flexibility index (Phi) is 6.58. The van der Waals surface area contributed by atoms with Crippen LogP contribution in [0, 0.1) is 17.8 Å². The van der Waals surface area contributed by atoms with E-state index in [1.807, 2.05) is 34.6 Å². The van der Waals surface area contributed by atoms with Crippen molar-refractivity contribution >= 4 is 32.7 Å². The molecule has 8 heteroatoms. The Labute approximate surface area is 216 Å². The summed E-state index contributed by atoms with van der Waals surface area (Å²) in [5, 5.41) is 22.0. The Morgan fingerprint density at radius 1 is 0.778 bits per heavy atom. The number of thiophene rings is 1. The molecule has 0 bridgehead atoms. The van der Waals surface area contributed by atoms with Crippen LogP contribution < -0.4 is 0 Å². The molecule has 2 aliphatic rings. The zero-order valence-electron chi connectivity index (χ0n) is 21.2. The topological polar surface area (TPSA) is 109 Å². The summed E-state index contributed by atoms with van der Waals surface area (Å²) in [6, 6.07) is 9.58. The van der Waals surface area contributed by atoms with Crippen molar-refractivity contribution in [3.63, 3.8) is 0 Å². The van der Waals surface area contributed by atoms with E-state index >= 15 is 0 Å². The number of benzene rings is 1. The van der Waals surface area contributed by atoms with Crippen molar-refractivity contribution in [2.45, 2.75) is 75.3 Å². The first-order chi connectivity index (χ1) is 16.6. The van der Waals surface area contributed by atoms with E-state index in [-0.39, 0.29) is 69.0 Å². The van der Waals surface area contributed by atoms with E-state index in [4.69, 9.17) is 0 Å². The second-order valence-corrected chi connectivity index (χ2v) is 14.8. The summed E-state index contributed by atoms with van der Waals surface area (Å²) in [5.41, 5.74) is 0.192. The van der Waals surface area contributed by atoms with Crippen LogP contribution in [0.3, 0.4) is 0 Å². The summed E-state index contributed by atoms with van der Waals surface area (Å²) in [6.45, 7) is 9.41. The van der Waals surface area contributed by atoms with Crippen molar-refractivity contribution in [2.24, 2.45) is 10.8 Å². The number of hydrogen-bond acceptors (Lipinski definition) is 7. The lowest BCUT2D eigenvalue weighted by Gasteiger charge is -2.36. The summed E-state index contributed by atoms with van der Waals surface area (Å²) < 4.78 is 26.7. The molecule has 0 amide bonds. The van der Waals surface area contributed by atoms with Gasteiger partial charge >= 0.3 is 0 Å². The number of sulfone groups is 1. The molecule has 0 radical (unpaired) electrons. The van der Waals surface area contributed by atoms with Gasteiger partial charge in [0, 0.05) is 41.7 Å². The maximum Gasteiger partial charge on any atom is 0.215 e. The van der Waals surface area contributed by atoms with Crippen molar-refractivity contribution in [1.82, 2.24) is 0 Å². The molecule has 0 spiro atoms. The van der Waals surface area contributed by atoms with Crippen LogP contribution in [0.4, 0.5) is 0 Å². The Morgan fingerprint density at radius 3 is 1.69 bits per heavy atom. The molecule has 6 nitrogen and oxygen atoms in total. The Bertz CT molecular complexity index is 1350. The fourth-order valence-electron chi connectivity index (χ4n) is 5.16. The van der Waals surface area contributed by atoms with Crippen LogP contribution in [-0.2, 0) is 19.4 Å². The second kappa shape index (κ2) is 8.99. The van der Waals surface area contributed by atoms with Crippen molar-refractivity contribution in [3.8, 4) is 0 Å². The van der Waals surface area contributed by atoms with E-state index in [0.29, 0.717) is 4.88 Å². The maximum atomic E-state index is 13.3. The van der Waals surface area contributed by atoms with E-state index in [9.17, 15) is 28.2 Å². The first-order valence-corrected chi connectivity index (χ1v) is 14.2. The standard InChI is InChI=1S/C28H32O6S2/c1-16-6-8-17(9-7-16)36(33,34)23-11-10-22(35-23)26(24-18(29)12-27(2,3)13-19(24)30)25-20(31)14-28(4,5)15-21(25)32/h6-11,26,29,31H,12-15H2,1-5H3. The van der Waals surface area contributed by atoms with Gasteiger partial charge in [-0.3, -0.25) is 9.59 Å². The fraction of sp³-hybridized carbons (Fsp3) is 0.429. The summed E-state index contributed by atoms with van der Waals surface area (Å²) in [7, 11) is -3.83. The number of allylic oxidation sites excluding steroid dienone is 4. The quantitative estimate of drug-likeness (QED) is 0.466. The molecule has 36 heavy (non-hydrogen) atoms. The normalized spacial score (nSPS) is 20.4. The molecule has 2 N–H and O–H groups in total. The highest BCUT2D eigenvalue weighted by atomic mass is 32.2. The van der Waals surface area contributed by atoms with Crippen LogP contribution in [0.1, 0.15) is 69.7 Å². The molecular formula is C28H32O6S2. The number of aryl methyl sites for hydroxylation is 1. The van der Waals surface area contributed by atoms with Gasteiger partial charge in [-0.25, -0.2) is 8.42 Å². The van der Waals surface area contributed by atoms with Gasteiger partial charge in [-0.15, -0.1) is 11.3 Å². The highest BCUT2D eigenvalue weighted by Gasteiger charge is 2.44.